The quantitative estimate of drug-likeness (QED) is 0.0736. The molecule has 4 atom stereocenters. The van der Waals surface area contributed by atoms with Crippen LogP contribution in [0.2, 0.25) is 0 Å². The molecule has 261 valence electrons. The molecular formula is C39H63LiO6P. The monoisotopic (exact) mass is 665 g/mol. The maximum atomic E-state index is 14.1. The molecule has 0 saturated heterocycles. The van der Waals surface area contributed by atoms with E-state index in [0.717, 1.165) is 62.4 Å². The van der Waals surface area contributed by atoms with Gasteiger partial charge in [0.25, 0.3) is 0 Å². The van der Waals surface area contributed by atoms with Gasteiger partial charge in [-0.15, -0.1) is 0 Å². The second-order valence-electron chi connectivity index (χ2n) is 12.5. The Morgan fingerprint density at radius 2 is 1.04 bits per heavy atom. The first-order chi connectivity index (χ1) is 22.4. The van der Waals surface area contributed by atoms with E-state index >= 15 is 0 Å². The van der Waals surface area contributed by atoms with Crippen molar-refractivity contribution < 1.29 is 28.5 Å². The topological polar surface area (TPSA) is 63.2 Å². The van der Waals surface area contributed by atoms with Crippen LogP contribution in [0.1, 0.15) is 129 Å². The van der Waals surface area contributed by atoms with Crippen LogP contribution >= 0.6 is 8.58 Å². The normalized spacial score (nSPS) is 13.1. The fraction of sp³-hybridized carbons (Fsp3) is 0.667. The Kier molecular flexibility index (Phi) is 23.1. The van der Waals surface area contributed by atoms with Crippen molar-refractivity contribution in [3.63, 3.8) is 0 Å². The minimum absolute atomic E-state index is 0. The summed E-state index contributed by atoms with van der Waals surface area (Å²) >= 11 is 0. The van der Waals surface area contributed by atoms with Crippen LogP contribution in [0, 0.1) is 17.8 Å². The molecular weight excluding hydrogens is 602 g/mol. The third-order valence-corrected chi connectivity index (χ3v) is 10.2. The average molecular weight is 666 g/mol. The molecule has 0 heterocycles. The van der Waals surface area contributed by atoms with Crippen molar-refractivity contribution in [2.24, 2.45) is 17.8 Å². The standard InChI is InChI=1S/C39H63O6P.Li/c1-9-15-19-29(12-4)26-43-32-24-35(44-27-30(13-5)20-16-10-2)38(36(25-32)45-28-31(14-6)21-17-11-3)46-39(40)37-33(41-7)22-18-23-34(37)42-8;/h18,22-25,29-31,46H,9-17,19-21,26-28H2,1-8H3;. The van der Waals surface area contributed by atoms with E-state index in [1.165, 1.54) is 25.7 Å². The van der Waals surface area contributed by atoms with Crippen molar-refractivity contribution in [3.8, 4) is 28.7 Å². The Bertz CT molecular complexity index is 1080. The molecule has 0 aromatic heterocycles. The zero-order valence-electron chi connectivity index (χ0n) is 31.2. The van der Waals surface area contributed by atoms with Crippen molar-refractivity contribution in [2.45, 2.75) is 119 Å². The summed E-state index contributed by atoms with van der Waals surface area (Å²) in [6, 6.07) is 9.39. The van der Waals surface area contributed by atoms with Gasteiger partial charge in [-0.2, -0.15) is 0 Å². The van der Waals surface area contributed by atoms with Gasteiger partial charge in [0.2, 0.25) is 0 Å². The number of carbonyl (C=O) groups excluding carboxylic acids is 1. The molecule has 0 spiro atoms. The number of unbranched alkanes of at least 4 members (excludes halogenated alkanes) is 3. The summed E-state index contributed by atoms with van der Waals surface area (Å²) in [6.45, 7) is 15.2. The van der Waals surface area contributed by atoms with Gasteiger partial charge in [0.1, 0.15) is 34.3 Å². The van der Waals surface area contributed by atoms with Crippen LogP contribution in [0.25, 0.3) is 0 Å². The molecule has 0 aliphatic carbocycles. The molecule has 0 N–H and O–H groups in total. The molecule has 0 saturated carbocycles. The van der Waals surface area contributed by atoms with E-state index in [-0.39, 0.29) is 33.0 Å². The summed E-state index contributed by atoms with van der Waals surface area (Å²) in [4.78, 5) is 14.1. The number of benzene rings is 2. The van der Waals surface area contributed by atoms with E-state index in [0.29, 0.717) is 66.1 Å². The van der Waals surface area contributed by atoms with Gasteiger partial charge in [0.15, 0.2) is 5.52 Å². The molecule has 47 heavy (non-hydrogen) atoms. The zero-order chi connectivity index (χ0) is 33.7. The third-order valence-electron chi connectivity index (χ3n) is 9.00. The largest absolute Gasteiger partial charge is 0.496 e. The van der Waals surface area contributed by atoms with Gasteiger partial charge in [-0.3, -0.25) is 4.79 Å². The minimum Gasteiger partial charge on any atom is -0.496 e. The van der Waals surface area contributed by atoms with E-state index in [2.05, 4.69) is 41.5 Å². The molecule has 2 rings (SSSR count). The Hall–Kier alpha value is -1.86. The van der Waals surface area contributed by atoms with E-state index in [1.807, 2.05) is 18.2 Å². The third kappa shape index (κ3) is 14.7. The van der Waals surface area contributed by atoms with Crippen LogP contribution in [0.4, 0.5) is 0 Å². The summed E-state index contributed by atoms with van der Waals surface area (Å²) in [7, 11) is 2.91. The van der Waals surface area contributed by atoms with Crippen LogP contribution in [-0.4, -0.2) is 58.4 Å². The van der Waals surface area contributed by atoms with Crippen molar-refractivity contribution in [3.05, 3.63) is 35.9 Å². The van der Waals surface area contributed by atoms with E-state index in [9.17, 15) is 4.79 Å². The Morgan fingerprint density at radius 3 is 1.40 bits per heavy atom. The molecule has 0 bridgehead atoms. The van der Waals surface area contributed by atoms with E-state index in [4.69, 9.17) is 23.7 Å². The Morgan fingerprint density at radius 1 is 0.638 bits per heavy atom. The fourth-order valence-corrected chi connectivity index (χ4v) is 6.71. The first-order valence-electron chi connectivity index (χ1n) is 18.0. The van der Waals surface area contributed by atoms with E-state index < -0.39 is 0 Å². The predicted octanol–water partition coefficient (Wildman–Crippen LogP) is 10.3. The summed E-state index contributed by atoms with van der Waals surface area (Å²) < 4.78 is 31.0. The van der Waals surface area contributed by atoms with Gasteiger partial charge in [-0.05, 0) is 57.7 Å². The first kappa shape index (κ1) is 43.2. The zero-order valence-corrected chi connectivity index (χ0v) is 32.2. The minimum atomic E-state index is -0.248. The van der Waals surface area contributed by atoms with Crippen molar-refractivity contribution in [1.29, 1.82) is 0 Å². The number of carbonyl (C=O) groups is 1. The molecule has 0 amide bonds. The second kappa shape index (κ2) is 25.2. The maximum Gasteiger partial charge on any atom is 0.193 e. The Balaban J connectivity index is 0.0000110. The van der Waals surface area contributed by atoms with E-state index in [1.54, 1.807) is 26.4 Å². The van der Waals surface area contributed by atoms with Gasteiger partial charge in [0.05, 0.1) is 39.3 Å². The average Bonchev–Trinajstić information content (AvgIpc) is 3.08. The molecule has 1 radical (unpaired) electrons. The number of methoxy groups -OCH3 is 2. The van der Waals surface area contributed by atoms with Gasteiger partial charge in [-0.1, -0.05) is 105 Å². The van der Waals surface area contributed by atoms with Crippen LogP contribution in [0.5, 0.6) is 28.7 Å². The van der Waals surface area contributed by atoms with Gasteiger partial charge < -0.3 is 23.7 Å². The van der Waals surface area contributed by atoms with Gasteiger partial charge >= 0.3 is 0 Å². The van der Waals surface area contributed by atoms with Crippen LogP contribution in [0.3, 0.4) is 0 Å². The number of rotatable bonds is 26. The molecule has 4 unspecified atom stereocenters. The van der Waals surface area contributed by atoms with Crippen LogP contribution < -0.4 is 29.0 Å². The second-order valence-corrected chi connectivity index (χ2v) is 13.7. The molecule has 2 aromatic rings. The predicted molar refractivity (Wildman–Crippen MR) is 200 cm³/mol. The maximum absolute atomic E-state index is 14.1. The summed E-state index contributed by atoms with van der Waals surface area (Å²) in [5.41, 5.74) is 0.355. The van der Waals surface area contributed by atoms with Gasteiger partial charge in [-0.25, -0.2) is 0 Å². The molecule has 0 aliphatic heterocycles. The van der Waals surface area contributed by atoms with Crippen LogP contribution in [0.15, 0.2) is 30.3 Å². The fourth-order valence-electron chi connectivity index (χ4n) is 5.57. The van der Waals surface area contributed by atoms with Crippen molar-refractivity contribution in [2.75, 3.05) is 34.0 Å². The smallest absolute Gasteiger partial charge is 0.193 e. The SMILES string of the molecule is CCCCC(CC)COc1cc(OCC(CC)CCCC)c(PC(=O)c2c(OC)cccc2OC)c(OCC(CC)CCCC)c1.[Li]. The van der Waals surface area contributed by atoms with Crippen molar-refractivity contribution >= 4 is 38.3 Å². The molecule has 6 nitrogen and oxygen atoms in total. The summed E-state index contributed by atoms with van der Waals surface area (Å²) in [6.07, 6.45) is 13.6. The van der Waals surface area contributed by atoms with Crippen LogP contribution in [-0.2, 0) is 0 Å². The van der Waals surface area contributed by atoms with Crippen molar-refractivity contribution in [1.82, 2.24) is 0 Å². The first-order valence-corrected chi connectivity index (χ1v) is 19.0. The molecule has 0 fully saturated rings. The number of hydrogen-bond acceptors (Lipinski definition) is 6. The Labute approximate surface area is 300 Å². The number of ether oxygens (including phenoxy) is 5. The molecule has 2 aromatic carbocycles. The summed E-state index contributed by atoms with van der Waals surface area (Å²) in [5, 5.41) is 0.777. The molecule has 8 heteroatoms. The molecule has 0 aliphatic rings. The van der Waals surface area contributed by atoms with Gasteiger partial charge in [0, 0.05) is 31.0 Å². The number of hydrogen-bond donors (Lipinski definition) is 0. The summed E-state index contributed by atoms with van der Waals surface area (Å²) in [5.74, 6) is 4.44.